The van der Waals surface area contributed by atoms with Gasteiger partial charge in [-0.3, -0.25) is 0 Å². The number of furan rings is 1. The SMILES string of the molecule is C1=CC2=[N+](c3cc(-c4ccccc4)cc(-c4ccccc4)c3)c3ccccc3N3c4c(ccc5c4oc4ccccc45)C(=C1)C23. The average Bonchev–Trinajstić information content (AvgIpc) is 3.66. The summed E-state index contributed by atoms with van der Waals surface area (Å²) in [5.74, 6) is 0. The number of anilines is 2. The Labute approximate surface area is 260 Å². The molecule has 6 aromatic carbocycles. The van der Waals surface area contributed by atoms with E-state index >= 15 is 0 Å². The molecule has 0 spiro atoms. The summed E-state index contributed by atoms with van der Waals surface area (Å²) in [5.41, 5.74) is 15.0. The lowest BCUT2D eigenvalue weighted by Gasteiger charge is -2.32. The molecule has 1 unspecified atom stereocenters. The summed E-state index contributed by atoms with van der Waals surface area (Å²) in [6.07, 6.45) is 6.77. The second-order valence-corrected chi connectivity index (χ2v) is 11.9. The van der Waals surface area contributed by atoms with Crippen LogP contribution in [0.15, 0.2) is 162 Å². The summed E-state index contributed by atoms with van der Waals surface area (Å²) < 4.78 is 9.11. The van der Waals surface area contributed by atoms with Crippen LogP contribution in [0, 0.1) is 0 Å². The predicted octanol–water partition coefficient (Wildman–Crippen LogP) is 10.7. The maximum absolute atomic E-state index is 6.64. The third-order valence-corrected chi connectivity index (χ3v) is 9.48. The first kappa shape index (κ1) is 24.5. The molecule has 210 valence electrons. The largest absolute Gasteiger partial charge is 0.454 e. The van der Waals surface area contributed by atoms with Crippen LogP contribution in [0.3, 0.4) is 0 Å². The molecule has 3 aliphatic rings. The molecule has 7 aromatic rings. The number of para-hydroxylation sites is 3. The van der Waals surface area contributed by atoms with Gasteiger partial charge < -0.3 is 9.32 Å². The zero-order valence-corrected chi connectivity index (χ0v) is 24.4. The van der Waals surface area contributed by atoms with E-state index in [2.05, 4.69) is 161 Å². The maximum Gasteiger partial charge on any atom is 0.235 e. The third-order valence-electron chi connectivity index (χ3n) is 9.48. The molecule has 1 aromatic heterocycles. The quantitative estimate of drug-likeness (QED) is 0.195. The van der Waals surface area contributed by atoms with Gasteiger partial charge in [0, 0.05) is 40.6 Å². The van der Waals surface area contributed by atoms with Gasteiger partial charge in [0.2, 0.25) is 17.1 Å². The smallest absolute Gasteiger partial charge is 0.235 e. The van der Waals surface area contributed by atoms with Crippen LogP contribution in [0.4, 0.5) is 22.7 Å². The van der Waals surface area contributed by atoms with Gasteiger partial charge in [-0.2, -0.15) is 4.58 Å². The second kappa shape index (κ2) is 9.28. The summed E-state index contributed by atoms with van der Waals surface area (Å²) in [7, 11) is 0. The fourth-order valence-corrected chi connectivity index (χ4v) is 7.55. The molecule has 3 heterocycles. The molecule has 1 atom stereocenters. The van der Waals surface area contributed by atoms with E-state index in [0.29, 0.717) is 0 Å². The van der Waals surface area contributed by atoms with Gasteiger partial charge in [0.1, 0.15) is 17.3 Å². The second-order valence-electron chi connectivity index (χ2n) is 11.9. The molecular weight excluding hydrogens is 548 g/mol. The normalized spacial score (nSPS) is 16.1. The van der Waals surface area contributed by atoms with Crippen LogP contribution in [0.2, 0.25) is 0 Å². The average molecular weight is 576 g/mol. The van der Waals surface area contributed by atoms with E-state index in [4.69, 9.17) is 4.42 Å². The number of hydrogen-bond donors (Lipinski definition) is 0. The minimum Gasteiger partial charge on any atom is -0.454 e. The third kappa shape index (κ3) is 3.49. The van der Waals surface area contributed by atoms with Crippen LogP contribution in [-0.4, -0.2) is 11.8 Å². The zero-order chi connectivity index (χ0) is 29.5. The van der Waals surface area contributed by atoms with E-state index < -0.39 is 0 Å². The van der Waals surface area contributed by atoms with Crippen molar-refractivity contribution in [3.05, 3.63) is 163 Å². The Hall–Kier alpha value is -5.93. The molecule has 0 saturated heterocycles. The van der Waals surface area contributed by atoms with Crippen LogP contribution < -0.4 is 9.48 Å². The van der Waals surface area contributed by atoms with Crippen LogP contribution in [0.25, 0.3) is 49.8 Å². The lowest BCUT2D eigenvalue weighted by molar-refractivity contribution is 0.668. The topological polar surface area (TPSA) is 19.4 Å². The summed E-state index contributed by atoms with van der Waals surface area (Å²) in [5, 5.41) is 2.31. The van der Waals surface area contributed by atoms with Crippen LogP contribution in [0.1, 0.15) is 5.56 Å². The summed E-state index contributed by atoms with van der Waals surface area (Å²) >= 11 is 0. The molecule has 0 bridgehead atoms. The molecule has 10 rings (SSSR count). The van der Waals surface area contributed by atoms with E-state index in [1.165, 1.54) is 44.8 Å². The molecule has 1 aliphatic carbocycles. The molecule has 0 radical (unpaired) electrons. The highest BCUT2D eigenvalue weighted by Gasteiger charge is 2.49. The fourth-order valence-electron chi connectivity index (χ4n) is 7.55. The van der Waals surface area contributed by atoms with Crippen molar-refractivity contribution in [3.8, 4) is 22.3 Å². The van der Waals surface area contributed by atoms with E-state index in [1.807, 2.05) is 6.07 Å². The summed E-state index contributed by atoms with van der Waals surface area (Å²) in [6, 6.07) is 50.1. The van der Waals surface area contributed by atoms with Crippen molar-refractivity contribution in [1.29, 1.82) is 0 Å². The zero-order valence-electron chi connectivity index (χ0n) is 24.4. The minimum atomic E-state index is 0.0271. The number of hydrogen-bond acceptors (Lipinski definition) is 2. The van der Waals surface area contributed by atoms with Crippen molar-refractivity contribution in [2.75, 3.05) is 4.90 Å². The molecule has 0 N–H and O–H groups in total. The van der Waals surface area contributed by atoms with Gasteiger partial charge in [-0.05, 0) is 52.1 Å². The van der Waals surface area contributed by atoms with Crippen molar-refractivity contribution < 1.29 is 4.42 Å². The first-order valence-electron chi connectivity index (χ1n) is 15.5. The Balaban J connectivity index is 1.26. The van der Waals surface area contributed by atoms with Gasteiger partial charge >= 0.3 is 0 Å². The van der Waals surface area contributed by atoms with Crippen LogP contribution in [0.5, 0.6) is 0 Å². The van der Waals surface area contributed by atoms with E-state index in [0.717, 1.165) is 39.0 Å². The molecular formula is C42H27N2O+. The number of benzene rings is 6. The predicted molar refractivity (Wildman–Crippen MR) is 187 cm³/mol. The first-order chi connectivity index (χ1) is 22.3. The minimum absolute atomic E-state index is 0.0271. The van der Waals surface area contributed by atoms with Crippen molar-refractivity contribution in [1.82, 2.24) is 4.58 Å². The van der Waals surface area contributed by atoms with Gasteiger partial charge in [-0.15, -0.1) is 0 Å². The Morgan fingerprint density at radius 2 is 1.29 bits per heavy atom. The standard InChI is InChI=1S/C42H27N2O/c1-3-12-27(13-4-1)29-24-30(28-14-5-2-6-15-28)26-31(25-29)43-36-18-8-9-19-37(36)44-40-33(17-11-20-38(40)43)34-22-23-35-32-16-7-10-21-39(32)45-42(35)41(34)44/h1-26,40H/q+1. The number of fused-ring (bicyclic) bond motifs is 9. The first-order valence-corrected chi connectivity index (χ1v) is 15.5. The molecule has 3 heteroatoms. The van der Waals surface area contributed by atoms with E-state index in [-0.39, 0.29) is 6.04 Å². The summed E-state index contributed by atoms with van der Waals surface area (Å²) in [4.78, 5) is 2.51. The Morgan fingerprint density at radius 1 is 0.600 bits per heavy atom. The molecule has 3 nitrogen and oxygen atoms in total. The van der Waals surface area contributed by atoms with Crippen molar-refractivity contribution >= 4 is 56.0 Å². The summed E-state index contributed by atoms with van der Waals surface area (Å²) in [6.45, 7) is 0. The van der Waals surface area contributed by atoms with E-state index in [9.17, 15) is 0 Å². The van der Waals surface area contributed by atoms with Gasteiger partial charge in [-0.25, -0.2) is 0 Å². The Morgan fingerprint density at radius 3 is 2.07 bits per heavy atom. The van der Waals surface area contributed by atoms with Crippen molar-refractivity contribution in [2.24, 2.45) is 0 Å². The molecule has 45 heavy (non-hydrogen) atoms. The Bertz CT molecular complexity index is 2370. The monoisotopic (exact) mass is 575 g/mol. The fraction of sp³-hybridized carbons (Fsp3) is 0.0238. The number of rotatable bonds is 3. The lowest BCUT2D eigenvalue weighted by Crippen LogP contribution is -2.43. The van der Waals surface area contributed by atoms with Gasteiger partial charge in [-0.1, -0.05) is 109 Å². The molecule has 0 amide bonds. The Kier molecular flexibility index (Phi) is 5.06. The highest BCUT2D eigenvalue weighted by Crippen LogP contribution is 2.55. The highest BCUT2D eigenvalue weighted by molar-refractivity contribution is 6.24. The number of nitrogens with zero attached hydrogens (tertiary/aromatic N) is 2. The maximum atomic E-state index is 6.64. The molecule has 2 aliphatic heterocycles. The van der Waals surface area contributed by atoms with Crippen molar-refractivity contribution in [3.63, 3.8) is 0 Å². The van der Waals surface area contributed by atoms with E-state index in [1.54, 1.807) is 0 Å². The molecule has 0 fully saturated rings. The van der Waals surface area contributed by atoms with Gasteiger partial charge in [0.15, 0.2) is 5.58 Å². The van der Waals surface area contributed by atoms with Gasteiger partial charge in [0.25, 0.3) is 0 Å². The highest BCUT2D eigenvalue weighted by atomic mass is 16.3. The number of allylic oxidation sites excluding steroid dienone is 2. The lowest BCUT2D eigenvalue weighted by atomic mass is 9.91. The van der Waals surface area contributed by atoms with Crippen molar-refractivity contribution in [2.45, 2.75) is 6.04 Å². The van der Waals surface area contributed by atoms with Gasteiger partial charge in [0.05, 0.1) is 5.69 Å². The van der Waals surface area contributed by atoms with Crippen LogP contribution >= 0.6 is 0 Å². The molecule has 0 saturated carbocycles. The van der Waals surface area contributed by atoms with Crippen LogP contribution in [-0.2, 0) is 0 Å².